The average molecular weight is 397 g/mol. The average Bonchev–Trinajstić information content (AvgIpc) is 3.30. The number of rotatable bonds is 6. The van der Waals surface area contributed by atoms with Crippen LogP contribution in [0, 0.1) is 0 Å². The number of thioether (sulfide) groups is 1. The zero-order valence-corrected chi connectivity index (χ0v) is 15.6. The summed E-state index contributed by atoms with van der Waals surface area (Å²) in [6, 6.07) is 7.14. The van der Waals surface area contributed by atoms with Crippen molar-refractivity contribution in [2.24, 2.45) is 7.05 Å². The summed E-state index contributed by atoms with van der Waals surface area (Å²) in [6.45, 7) is 0. The molecule has 0 spiro atoms. The fourth-order valence-electron chi connectivity index (χ4n) is 2.53. The number of amides is 1. The van der Waals surface area contributed by atoms with Gasteiger partial charge in [0.15, 0.2) is 5.65 Å². The molecule has 11 nitrogen and oxygen atoms in total. The van der Waals surface area contributed by atoms with Crippen LogP contribution in [0.5, 0.6) is 0 Å². The summed E-state index contributed by atoms with van der Waals surface area (Å²) in [4.78, 5) is 30.6. The zero-order valence-electron chi connectivity index (χ0n) is 14.7. The lowest BCUT2D eigenvalue weighted by Gasteiger charge is -2.07. The van der Waals surface area contributed by atoms with Crippen LogP contribution in [-0.4, -0.2) is 51.6 Å². The van der Waals surface area contributed by atoms with Crippen molar-refractivity contribution in [3.63, 3.8) is 0 Å². The minimum Gasteiger partial charge on any atom is -0.326 e. The number of aryl methyl sites for hydroxylation is 1. The highest BCUT2D eigenvalue weighted by Gasteiger charge is 2.10. The predicted molar refractivity (Wildman–Crippen MR) is 102 cm³/mol. The Hall–Kier alpha value is -3.54. The second-order valence-corrected chi connectivity index (χ2v) is 6.87. The summed E-state index contributed by atoms with van der Waals surface area (Å²) in [5.41, 5.74) is 1.63. The third-order valence-corrected chi connectivity index (χ3v) is 4.92. The summed E-state index contributed by atoms with van der Waals surface area (Å²) in [5, 5.41) is 19.3. The van der Waals surface area contributed by atoms with E-state index in [-0.39, 0.29) is 11.5 Å². The van der Waals surface area contributed by atoms with Crippen molar-refractivity contribution in [1.29, 1.82) is 0 Å². The van der Waals surface area contributed by atoms with E-state index in [9.17, 15) is 9.59 Å². The summed E-state index contributed by atoms with van der Waals surface area (Å²) in [7, 11) is 1.75. The van der Waals surface area contributed by atoms with Crippen molar-refractivity contribution >= 4 is 34.4 Å². The van der Waals surface area contributed by atoms with Crippen molar-refractivity contribution in [3.8, 4) is 5.69 Å². The molecule has 0 saturated carbocycles. The van der Waals surface area contributed by atoms with Crippen LogP contribution in [-0.2, 0) is 11.8 Å². The Bertz CT molecular complexity index is 1180. The molecule has 0 fully saturated rings. The molecule has 4 aromatic rings. The van der Waals surface area contributed by atoms with E-state index in [0.29, 0.717) is 34.1 Å². The predicted octanol–water partition coefficient (Wildman–Crippen LogP) is 0.753. The second kappa shape index (κ2) is 7.60. The van der Waals surface area contributed by atoms with Gasteiger partial charge in [0.25, 0.3) is 5.56 Å². The Morgan fingerprint density at radius 3 is 2.86 bits per heavy atom. The van der Waals surface area contributed by atoms with Gasteiger partial charge >= 0.3 is 0 Å². The highest BCUT2D eigenvalue weighted by molar-refractivity contribution is 7.99. The van der Waals surface area contributed by atoms with Crippen molar-refractivity contribution in [2.45, 2.75) is 11.6 Å². The van der Waals surface area contributed by atoms with Crippen molar-refractivity contribution in [2.75, 3.05) is 11.1 Å². The monoisotopic (exact) mass is 397 g/mol. The molecule has 3 aromatic heterocycles. The molecule has 2 N–H and O–H groups in total. The first-order valence-corrected chi connectivity index (χ1v) is 9.27. The first-order chi connectivity index (χ1) is 13.6. The van der Waals surface area contributed by atoms with Gasteiger partial charge in [0.1, 0.15) is 5.39 Å². The van der Waals surface area contributed by atoms with Gasteiger partial charge < -0.3 is 10.3 Å². The van der Waals surface area contributed by atoms with Gasteiger partial charge in [-0.3, -0.25) is 9.59 Å². The van der Waals surface area contributed by atoms with Crippen LogP contribution in [0.15, 0.2) is 46.7 Å². The van der Waals surface area contributed by atoms with Gasteiger partial charge in [-0.15, -0.1) is 5.10 Å². The lowest BCUT2D eigenvalue weighted by Crippen LogP contribution is -2.12. The minimum atomic E-state index is -0.241. The van der Waals surface area contributed by atoms with Crippen molar-refractivity contribution < 1.29 is 4.79 Å². The topological polar surface area (TPSA) is 136 Å². The lowest BCUT2D eigenvalue weighted by molar-refractivity contribution is -0.115. The number of tetrazole rings is 1. The fraction of sp³-hybridized carbons (Fsp3) is 0.188. The van der Waals surface area contributed by atoms with E-state index in [2.05, 4.69) is 35.9 Å². The number of H-pyrrole nitrogens is 1. The number of hydrogen-bond donors (Lipinski definition) is 2. The number of fused-ring (bicyclic) bond motifs is 1. The Morgan fingerprint density at radius 2 is 2.11 bits per heavy atom. The summed E-state index contributed by atoms with van der Waals surface area (Å²) in [5.74, 6) is 0.463. The molecule has 0 aliphatic heterocycles. The molecular formula is C16H15N9O2S. The van der Waals surface area contributed by atoms with Gasteiger partial charge in [-0.2, -0.15) is 5.10 Å². The van der Waals surface area contributed by atoms with Gasteiger partial charge in [0.2, 0.25) is 11.1 Å². The largest absolute Gasteiger partial charge is 0.326 e. The lowest BCUT2D eigenvalue weighted by atomic mass is 10.2. The van der Waals surface area contributed by atoms with Gasteiger partial charge in [-0.1, -0.05) is 11.8 Å². The van der Waals surface area contributed by atoms with Gasteiger partial charge in [0, 0.05) is 24.9 Å². The molecule has 28 heavy (non-hydrogen) atoms. The van der Waals surface area contributed by atoms with Crippen LogP contribution in [0.25, 0.3) is 16.7 Å². The Labute approximate surface area is 162 Å². The molecule has 0 aliphatic carbocycles. The van der Waals surface area contributed by atoms with Crippen LogP contribution in [0.4, 0.5) is 5.69 Å². The van der Waals surface area contributed by atoms with Crippen LogP contribution >= 0.6 is 11.8 Å². The van der Waals surface area contributed by atoms with Crippen LogP contribution in [0.2, 0.25) is 0 Å². The molecule has 1 amide bonds. The first kappa shape index (κ1) is 17.9. The Balaban J connectivity index is 1.39. The molecule has 0 bridgehead atoms. The number of anilines is 1. The number of nitrogens with zero attached hydrogens (tertiary/aromatic N) is 7. The maximum absolute atomic E-state index is 12.1. The third kappa shape index (κ3) is 3.62. The number of hydrogen-bond acceptors (Lipinski definition) is 8. The first-order valence-electron chi connectivity index (χ1n) is 8.28. The van der Waals surface area contributed by atoms with Crippen molar-refractivity contribution in [1.82, 2.24) is 40.0 Å². The highest BCUT2D eigenvalue weighted by atomic mass is 32.2. The van der Waals surface area contributed by atoms with E-state index >= 15 is 0 Å². The van der Waals surface area contributed by atoms with Crippen LogP contribution in [0.1, 0.15) is 6.42 Å². The van der Waals surface area contributed by atoms with Crippen LogP contribution in [0.3, 0.4) is 0 Å². The summed E-state index contributed by atoms with van der Waals surface area (Å²) >= 11 is 1.41. The van der Waals surface area contributed by atoms with E-state index in [1.807, 2.05) is 0 Å². The highest BCUT2D eigenvalue weighted by Crippen LogP contribution is 2.17. The SMILES string of the molecule is Cn1nnnc1SCCC(=O)Nc1ccc(-n2ncc3c(=O)[nH]cnc32)cc1. The minimum absolute atomic E-state index is 0.104. The Morgan fingerprint density at radius 1 is 1.29 bits per heavy atom. The van der Waals surface area contributed by atoms with Crippen LogP contribution < -0.4 is 10.9 Å². The molecule has 0 aliphatic rings. The van der Waals surface area contributed by atoms with Crippen molar-refractivity contribution in [3.05, 3.63) is 47.1 Å². The van der Waals surface area contributed by atoms with Gasteiger partial charge in [0.05, 0.1) is 18.2 Å². The number of carbonyl (C=O) groups is 1. The number of aromatic nitrogens is 8. The van der Waals surface area contributed by atoms with E-state index in [1.165, 1.54) is 24.3 Å². The number of carbonyl (C=O) groups excluding carboxylic acids is 1. The Kier molecular flexibility index (Phi) is 4.85. The molecule has 1 aromatic carbocycles. The third-order valence-electron chi connectivity index (χ3n) is 3.91. The maximum Gasteiger partial charge on any atom is 0.261 e. The molecule has 0 unspecified atom stereocenters. The molecule has 0 saturated heterocycles. The molecule has 12 heteroatoms. The van der Waals surface area contributed by atoms with E-state index < -0.39 is 0 Å². The maximum atomic E-state index is 12.1. The molecule has 0 radical (unpaired) electrons. The van der Waals surface area contributed by atoms with E-state index in [4.69, 9.17) is 0 Å². The molecular weight excluding hydrogens is 382 g/mol. The van der Waals surface area contributed by atoms with E-state index in [0.717, 1.165) is 5.69 Å². The van der Waals surface area contributed by atoms with Gasteiger partial charge in [-0.05, 0) is 34.7 Å². The smallest absolute Gasteiger partial charge is 0.261 e. The number of aromatic amines is 1. The molecule has 0 atom stereocenters. The quantitative estimate of drug-likeness (QED) is 0.455. The van der Waals surface area contributed by atoms with Gasteiger partial charge in [-0.25, -0.2) is 14.3 Å². The van der Waals surface area contributed by atoms with E-state index in [1.54, 1.807) is 40.7 Å². The summed E-state index contributed by atoms with van der Waals surface area (Å²) < 4.78 is 3.13. The molecule has 142 valence electrons. The standard InChI is InChI=1S/C16H15N9O2S/c1-24-16(21-22-23-24)28-7-6-13(26)20-10-2-4-11(5-3-10)25-14-12(8-19-25)15(27)18-9-17-14/h2-5,8-9H,6-7H2,1H3,(H,20,26)(H,17,18,27). The molecule has 3 heterocycles. The number of benzene rings is 1. The second-order valence-electron chi connectivity index (χ2n) is 5.80. The number of nitrogens with one attached hydrogen (secondary N) is 2. The zero-order chi connectivity index (χ0) is 19.5. The normalized spacial score (nSPS) is 11.0. The molecule has 4 rings (SSSR count). The fourth-order valence-corrected chi connectivity index (χ4v) is 3.32. The summed E-state index contributed by atoms with van der Waals surface area (Å²) in [6.07, 6.45) is 3.14.